The molecule has 0 aliphatic carbocycles. The first-order valence-electron chi connectivity index (χ1n) is 5.79. The number of nitrogen functional groups attached to an aromatic ring is 1. The summed E-state index contributed by atoms with van der Waals surface area (Å²) in [6, 6.07) is 0. The summed E-state index contributed by atoms with van der Waals surface area (Å²) in [5, 5.41) is 4.17. The van der Waals surface area contributed by atoms with Gasteiger partial charge in [0.05, 0.1) is 11.4 Å². The minimum Gasteiger partial charge on any atom is -0.395 e. The predicted molar refractivity (Wildman–Crippen MR) is 68.8 cm³/mol. The van der Waals surface area contributed by atoms with Crippen LogP contribution in [-0.2, 0) is 7.05 Å². The number of hydrogen-bond donors (Lipinski definition) is 1. The molecule has 1 rings (SSSR count). The number of hydrogen-bond acceptors (Lipinski definition) is 3. The van der Waals surface area contributed by atoms with Gasteiger partial charge < -0.3 is 10.6 Å². The van der Waals surface area contributed by atoms with Crippen LogP contribution in [-0.4, -0.2) is 33.2 Å². The van der Waals surface area contributed by atoms with E-state index in [1.54, 1.807) is 30.6 Å². The van der Waals surface area contributed by atoms with Gasteiger partial charge in [0.25, 0.3) is 5.91 Å². The lowest BCUT2D eigenvalue weighted by Crippen LogP contribution is -2.45. The lowest BCUT2D eigenvalue weighted by Gasteiger charge is -2.34. The standard InChI is InChI=1S/C12H22N4O/c1-7-12(3,4)15(5)11(17)10-9(13)8(2)14-16(10)6/h7,13H2,1-6H3. The molecule has 0 fully saturated rings. The molecule has 0 spiro atoms. The zero-order chi connectivity index (χ0) is 13.4. The van der Waals surface area contributed by atoms with E-state index >= 15 is 0 Å². The molecule has 0 aromatic carbocycles. The second kappa shape index (κ2) is 4.39. The van der Waals surface area contributed by atoms with Gasteiger partial charge in [-0.1, -0.05) is 6.92 Å². The molecule has 0 aliphatic heterocycles. The van der Waals surface area contributed by atoms with Crippen molar-refractivity contribution in [3.63, 3.8) is 0 Å². The Morgan fingerprint density at radius 3 is 2.41 bits per heavy atom. The van der Waals surface area contributed by atoms with Crippen LogP contribution >= 0.6 is 0 Å². The van der Waals surface area contributed by atoms with Gasteiger partial charge in [0, 0.05) is 19.6 Å². The average Bonchev–Trinajstić information content (AvgIpc) is 2.51. The number of anilines is 1. The molecule has 1 aromatic rings. The number of amides is 1. The minimum atomic E-state index is -0.193. The van der Waals surface area contributed by atoms with E-state index < -0.39 is 0 Å². The molecule has 2 N–H and O–H groups in total. The van der Waals surface area contributed by atoms with Gasteiger partial charge in [-0.2, -0.15) is 5.10 Å². The molecule has 96 valence electrons. The number of nitrogens with two attached hydrogens (primary N) is 1. The molecule has 0 aliphatic rings. The Hall–Kier alpha value is -1.52. The van der Waals surface area contributed by atoms with Crippen LogP contribution in [0.1, 0.15) is 43.4 Å². The molecule has 17 heavy (non-hydrogen) atoms. The van der Waals surface area contributed by atoms with Crippen molar-refractivity contribution in [2.24, 2.45) is 7.05 Å². The topological polar surface area (TPSA) is 64.2 Å². The van der Waals surface area contributed by atoms with Crippen molar-refractivity contribution in [2.75, 3.05) is 12.8 Å². The van der Waals surface area contributed by atoms with E-state index in [2.05, 4.69) is 12.0 Å². The first-order valence-corrected chi connectivity index (χ1v) is 5.79. The molecular formula is C12H22N4O. The van der Waals surface area contributed by atoms with Crippen LogP contribution < -0.4 is 5.73 Å². The predicted octanol–water partition coefficient (Wildman–Crippen LogP) is 1.57. The fourth-order valence-electron chi connectivity index (χ4n) is 1.60. The second-order valence-electron chi connectivity index (χ2n) is 5.00. The molecule has 0 saturated carbocycles. The highest BCUT2D eigenvalue weighted by Crippen LogP contribution is 2.23. The minimum absolute atomic E-state index is 0.0857. The van der Waals surface area contributed by atoms with Gasteiger partial charge in [-0.3, -0.25) is 9.48 Å². The number of aromatic nitrogens is 2. The summed E-state index contributed by atoms with van der Waals surface area (Å²) >= 11 is 0. The highest BCUT2D eigenvalue weighted by atomic mass is 16.2. The van der Waals surface area contributed by atoms with E-state index in [9.17, 15) is 4.79 Å². The third-order valence-corrected chi connectivity index (χ3v) is 3.55. The maximum Gasteiger partial charge on any atom is 0.274 e. The quantitative estimate of drug-likeness (QED) is 0.869. The van der Waals surface area contributed by atoms with Crippen LogP contribution in [0, 0.1) is 6.92 Å². The van der Waals surface area contributed by atoms with Gasteiger partial charge in [-0.15, -0.1) is 0 Å². The molecule has 1 amide bonds. The fraction of sp³-hybridized carbons (Fsp3) is 0.667. The Morgan fingerprint density at radius 1 is 1.53 bits per heavy atom. The number of aryl methyl sites for hydroxylation is 2. The van der Waals surface area contributed by atoms with E-state index in [0.29, 0.717) is 17.1 Å². The maximum absolute atomic E-state index is 12.4. The molecule has 0 saturated heterocycles. The number of carbonyl (C=O) groups excluding carboxylic acids is 1. The Bertz CT molecular complexity index is 434. The number of nitrogens with zero attached hydrogens (tertiary/aromatic N) is 3. The SMILES string of the molecule is CCC(C)(C)N(C)C(=O)c1c(N)c(C)nn1C. The fourth-order valence-corrected chi connectivity index (χ4v) is 1.60. The van der Waals surface area contributed by atoms with Crippen LogP contribution in [0.15, 0.2) is 0 Å². The summed E-state index contributed by atoms with van der Waals surface area (Å²) < 4.78 is 1.55. The molecule has 0 bridgehead atoms. The highest BCUT2D eigenvalue weighted by molar-refractivity contribution is 5.98. The second-order valence-corrected chi connectivity index (χ2v) is 5.00. The molecule has 5 nitrogen and oxygen atoms in total. The van der Waals surface area contributed by atoms with Crippen molar-refractivity contribution in [3.8, 4) is 0 Å². The average molecular weight is 238 g/mol. The first-order chi connectivity index (χ1) is 7.72. The Morgan fingerprint density at radius 2 is 2.06 bits per heavy atom. The monoisotopic (exact) mass is 238 g/mol. The number of rotatable bonds is 3. The zero-order valence-corrected chi connectivity index (χ0v) is 11.5. The van der Waals surface area contributed by atoms with Gasteiger partial charge in [0.15, 0.2) is 0 Å². The van der Waals surface area contributed by atoms with E-state index in [1.165, 1.54) is 0 Å². The zero-order valence-electron chi connectivity index (χ0n) is 11.5. The van der Waals surface area contributed by atoms with E-state index in [-0.39, 0.29) is 11.4 Å². The molecule has 0 atom stereocenters. The largest absolute Gasteiger partial charge is 0.395 e. The van der Waals surface area contributed by atoms with Crippen molar-refractivity contribution >= 4 is 11.6 Å². The van der Waals surface area contributed by atoms with Crippen LogP contribution in [0.25, 0.3) is 0 Å². The maximum atomic E-state index is 12.4. The normalized spacial score (nSPS) is 11.6. The van der Waals surface area contributed by atoms with Gasteiger partial charge in [0.2, 0.25) is 0 Å². The summed E-state index contributed by atoms with van der Waals surface area (Å²) in [6.45, 7) is 7.92. The van der Waals surface area contributed by atoms with E-state index in [1.807, 2.05) is 13.8 Å². The molecule has 0 radical (unpaired) electrons. The van der Waals surface area contributed by atoms with E-state index in [4.69, 9.17) is 5.73 Å². The molecule has 5 heteroatoms. The van der Waals surface area contributed by atoms with Gasteiger partial charge >= 0.3 is 0 Å². The van der Waals surface area contributed by atoms with Gasteiger partial charge in [-0.05, 0) is 27.2 Å². The summed E-state index contributed by atoms with van der Waals surface area (Å²) in [4.78, 5) is 14.1. The Labute approximate surface area is 103 Å². The summed E-state index contributed by atoms with van der Waals surface area (Å²) in [7, 11) is 3.54. The van der Waals surface area contributed by atoms with Gasteiger partial charge in [0.1, 0.15) is 5.69 Å². The molecule has 0 unspecified atom stereocenters. The van der Waals surface area contributed by atoms with E-state index in [0.717, 1.165) is 6.42 Å². The van der Waals surface area contributed by atoms with Crippen molar-refractivity contribution in [3.05, 3.63) is 11.4 Å². The third-order valence-electron chi connectivity index (χ3n) is 3.55. The Balaban J connectivity index is 3.13. The van der Waals surface area contributed by atoms with Crippen molar-refractivity contribution in [2.45, 2.75) is 39.7 Å². The van der Waals surface area contributed by atoms with Crippen molar-refractivity contribution < 1.29 is 4.79 Å². The van der Waals surface area contributed by atoms with Gasteiger partial charge in [-0.25, -0.2) is 0 Å². The highest BCUT2D eigenvalue weighted by Gasteiger charge is 2.30. The summed E-state index contributed by atoms with van der Waals surface area (Å²) in [5.41, 5.74) is 7.33. The smallest absolute Gasteiger partial charge is 0.274 e. The molecular weight excluding hydrogens is 216 g/mol. The summed E-state index contributed by atoms with van der Waals surface area (Å²) in [5.74, 6) is -0.0857. The Kier molecular flexibility index (Phi) is 3.50. The van der Waals surface area contributed by atoms with Crippen molar-refractivity contribution in [1.29, 1.82) is 0 Å². The van der Waals surface area contributed by atoms with Crippen molar-refractivity contribution in [1.82, 2.24) is 14.7 Å². The lowest BCUT2D eigenvalue weighted by molar-refractivity contribution is 0.0610. The molecule has 1 heterocycles. The van der Waals surface area contributed by atoms with Crippen LogP contribution in [0.4, 0.5) is 5.69 Å². The first kappa shape index (κ1) is 13.5. The third kappa shape index (κ3) is 2.28. The lowest BCUT2D eigenvalue weighted by atomic mass is 9.99. The van der Waals surface area contributed by atoms with Crippen LogP contribution in [0.2, 0.25) is 0 Å². The number of carbonyl (C=O) groups is 1. The molecule has 1 aromatic heterocycles. The van der Waals surface area contributed by atoms with Crippen LogP contribution in [0.3, 0.4) is 0 Å². The van der Waals surface area contributed by atoms with Crippen LogP contribution in [0.5, 0.6) is 0 Å². The summed E-state index contributed by atoms with van der Waals surface area (Å²) in [6.07, 6.45) is 0.881.